The molecule has 3 rings (SSSR count). The molecule has 4 nitrogen and oxygen atoms in total. The fraction of sp³-hybridized carbons (Fsp3) is 0.190. The lowest BCUT2D eigenvalue weighted by Crippen LogP contribution is -2.23. The summed E-state index contributed by atoms with van der Waals surface area (Å²) in [6, 6.07) is 17.4. The molecule has 0 bridgehead atoms. The number of methoxy groups -OCH3 is 2. The molecule has 6 heteroatoms. The molecule has 0 aliphatic carbocycles. The van der Waals surface area contributed by atoms with Crippen LogP contribution >= 0.6 is 23.1 Å². The Labute approximate surface area is 167 Å². The van der Waals surface area contributed by atoms with Crippen molar-refractivity contribution >= 4 is 29.0 Å². The molecule has 0 spiro atoms. The van der Waals surface area contributed by atoms with E-state index in [1.165, 1.54) is 4.88 Å². The molecule has 0 radical (unpaired) electrons. The first-order valence-corrected chi connectivity index (χ1v) is 10.3. The topological polar surface area (TPSA) is 47.6 Å². The van der Waals surface area contributed by atoms with Gasteiger partial charge in [0, 0.05) is 27.6 Å². The minimum Gasteiger partial charge on any atom is -0.497 e. The molecule has 1 amide bonds. The fourth-order valence-electron chi connectivity index (χ4n) is 2.61. The van der Waals surface area contributed by atoms with Crippen LogP contribution < -0.4 is 14.8 Å². The maximum absolute atomic E-state index is 12.8. The Balaban J connectivity index is 1.69. The number of rotatable bonds is 8. The Morgan fingerprint density at radius 2 is 1.93 bits per heavy atom. The van der Waals surface area contributed by atoms with Crippen LogP contribution in [0.5, 0.6) is 11.5 Å². The van der Waals surface area contributed by atoms with E-state index in [0.717, 1.165) is 27.7 Å². The fourth-order valence-corrected chi connectivity index (χ4v) is 4.44. The van der Waals surface area contributed by atoms with Crippen molar-refractivity contribution in [3.05, 3.63) is 76.0 Å². The van der Waals surface area contributed by atoms with Gasteiger partial charge in [-0.1, -0.05) is 18.2 Å². The number of carbonyl (C=O) groups excluding carboxylic acids is 1. The third-order valence-corrected chi connectivity index (χ3v) is 6.19. The second kappa shape index (κ2) is 9.48. The van der Waals surface area contributed by atoms with E-state index >= 15 is 0 Å². The molecular weight excluding hydrogens is 378 g/mol. The van der Waals surface area contributed by atoms with Gasteiger partial charge >= 0.3 is 0 Å². The van der Waals surface area contributed by atoms with E-state index in [4.69, 9.17) is 9.47 Å². The van der Waals surface area contributed by atoms with Gasteiger partial charge in [-0.15, -0.1) is 23.1 Å². The van der Waals surface area contributed by atoms with Gasteiger partial charge in [0.25, 0.3) is 5.91 Å². The molecule has 140 valence electrons. The SMILES string of the molecule is COc1ccc(OC)c(CNC(=O)c2ccccc2SCc2cccs2)c1. The normalized spacial score (nSPS) is 10.4. The highest BCUT2D eigenvalue weighted by molar-refractivity contribution is 7.98. The maximum atomic E-state index is 12.8. The molecule has 0 unspecified atom stereocenters. The monoisotopic (exact) mass is 399 g/mol. The molecule has 0 aliphatic heterocycles. The lowest BCUT2D eigenvalue weighted by Gasteiger charge is -2.13. The minimum absolute atomic E-state index is 0.103. The quantitative estimate of drug-likeness (QED) is 0.542. The highest BCUT2D eigenvalue weighted by Crippen LogP contribution is 2.28. The van der Waals surface area contributed by atoms with E-state index in [9.17, 15) is 4.79 Å². The largest absolute Gasteiger partial charge is 0.497 e. The van der Waals surface area contributed by atoms with Crippen LogP contribution in [-0.2, 0) is 12.3 Å². The molecule has 3 aromatic rings. The van der Waals surface area contributed by atoms with E-state index in [-0.39, 0.29) is 5.91 Å². The summed E-state index contributed by atoms with van der Waals surface area (Å²) in [5.74, 6) is 2.20. The zero-order valence-corrected chi connectivity index (χ0v) is 16.9. The van der Waals surface area contributed by atoms with Crippen LogP contribution in [0.25, 0.3) is 0 Å². The second-order valence-corrected chi connectivity index (χ2v) is 7.77. The Bertz CT molecular complexity index is 894. The van der Waals surface area contributed by atoms with Crippen molar-refractivity contribution in [1.82, 2.24) is 5.32 Å². The summed E-state index contributed by atoms with van der Waals surface area (Å²) in [4.78, 5) is 15.0. The van der Waals surface area contributed by atoms with Crippen molar-refractivity contribution in [1.29, 1.82) is 0 Å². The van der Waals surface area contributed by atoms with Crippen LogP contribution in [0.4, 0.5) is 0 Å². The van der Waals surface area contributed by atoms with Gasteiger partial charge in [-0.3, -0.25) is 4.79 Å². The average molecular weight is 400 g/mol. The summed E-state index contributed by atoms with van der Waals surface area (Å²) in [6.45, 7) is 0.364. The van der Waals surface area contributed by atoms with Gasteiger partial charge in [0.15, 0.2) is 0 Å². The van der Waals surface area contributed by atoms with Crippen molar-refractivity contribution in [3.8, 4) is 11.5 Å². The van der Waals surface area contributed by atoms with E-state index in [1.807, 2.05) is 48.5 Å². The summed E-state index contributed by atoms with van der Waals surface area (Å²) >= 11 is 3.40. The smallest absolute Gasteiger partial charge is 0.252 e. The number of hydrogen-bond acceptors (Lipinski definition) is 5. The van der Waals surface area contributed by atoms with E-state index in [0.29, 0.717) is 12.1 Å². The Morgan fingerprint density at radius 3 is 2.67 bits per heavy atom. The highest BCUT2D eigenvalue weighted by atomic mass is 32.2. The van der Waals surface area contributed by atoms with Gasteiger partial charge in [-0.25, -0.2) is 0 Å². The third-order valence-electron chi connectivity index (χ3n) is 4.01. The summed E-state index contributed by atoms with van der Waals surface area (Å²) < 4.78 is 10.6. The predicted molar refractivity (Wildman–Crippen MR) is 111 cm³/mol. The summed E-state index contributed by atoms with van der Waals surface area (Å²) in [7, 11) is 3.23. The van der Waals surface area contributed by atoms with Crippen molar-refractivity contribution in [2.45, 2.75) is 17.2 Å². The summed E-state index contributed by atoms with van der Waals surface area (Å²) in [5, 5.41) is 5.06. The van der Waals surface area contributed by atoms with Crippen molar-refractivity contribution in [3.63, 3.8) is 0 Å². The number of hydrogen-bond donors (Lipinski definition) is 1. The zero-order chi connectivity index (χ0) is 19.1. The van der Waals surface area contributed by atoms with Crippen LogP contribution in [-0.4, -0.2) is 20.1 Å². The number of ether oxygens (including phenoxy) is 2. The number of nitrogens with one attached hydrogen (secondary N) is 1. The molecule has 1 heterocycles. The molecule has 0 saturated heterocycles. The minimum atomic E-state index is -0.103. The second-order valence-electron chi connectivity index (χ2n) is 5.72. The highest BCUT2D eigenvalue weighted by Gasteiger charge is 2.13. The van der Waals surface area contributed by atoms with Gasteiger partial charge in [-0.05, 0) is 41.8 Å². The van der Waals surface area contributed by atoms with Crippen molar-refractivity contribution in [2.75, 3.05) is 14.2 Å². The standard InChI is InChI=1S/C21H21NO3S2/c1-24-16-9-10-19(25-2)15(12-16)13-22-21(23)18-7-3-4-8-20(18)27-14-17-6-5-11-26-17/h3-12H,13-14H2,1-2H3,(H,22,23). The van der Waals surface area contributed by atoms with Crippen LogP contribution in [0.1, 0.15) is 20.8 Å². The molecule has 27 heavy (non-hydrogen) atoms. The van der Waals surface area contributed by atoms with Crippen molar-refractivity contribution in [2.24, 2.45) is 0 Å². The number of amides is 1. The number of carbonyl (C=O) groups is 1. The van der Waals surface area contributed by atoms with E-state index < -0.39 is 0 Å². The average Bonchev–Trinajstić information content (AvgIpc) is 3.24. The first-order valence-electron chi connectivity index (χ1n) is 8.44. The molecule has 1 N–H and O–H groups in total. The zero-order valence-electron chi connectivity index (χ0n) is 15.2. The first kappa shape index (κ1) is 19.3. The lowest BCUT2D eigenvalue weighted by atomic mass is 10.1. The molecule has 0 aliphatic rings. The molecule has 0 atom stereocenters. The van der Waals surface area contributed by atoms with Crippen LogP contribution in [0.2, 0.25) is 0 Å². The van der Waals surface area contributed by atoms with Gasteiger partial charge < -0.3 is 14.8 Å². The van der Waals surface area contributed by atoms with Gasteiger partial charge in [-0.2, -0.15) is 0 Å². The Kier molecular flexibility index (Phi) is 6.79. The van der Waals surface area contributed by atoms with Crippen LogP contribution in [0.3, 0.4) is 0 Å². The molecule has 1 aromatic heterocycles. The molecule has 0 saturated carbocycles. The molecule has 0 fully saturated rings. The van der Waals surface area contributed by atoms with Crippen LogP contribution in [0, 0.1) is 0 Å². The first-order chi connectivity index (χ1) is 13.2. The molecular formula is C21H21NO3S2. The van der Waals surface area contributed by atoms with E-state index in [2.05, 4.69) is 16.8 Å². The van der Waals surface area contributed by atoms with Gasteiger partial charge in [0.1, 0.15) is 11.5 Å². The third kappa shape index (κ3) is 5.05. The Morgan fingerprint density at radius 1 is 1.07 bits per heavy atom. The van der Waals surface area contributed by atoms with Gasteiger partial charge in [0.05, 0.1) is 19.8 Å². The Hall–Kier alpha value is -2.44. The number of thioether (sulfide) groups is 1. The number of benzene rings is 2. The van der Waals surface area contributed by atoms with Gasteiger partial charge in [0.2, 0.25) is 0 Å². The number of thiophene rings is 1. The predicted octanol–water partition coefficient (Wildman–Crippen LogP) is 4.99. The summed E-state index contributed by atoms with van der Waals surface area (Å²) in [6.07, 6.45) is 0. The van der Waals surface area contributed by atoms with Crippen LogP contribution in [0.15, 0.2) is 64.9 Å². The summed E-state index contributed by atoms with van der Waals surface area (Å²) in [5.41, 5.74) is 1.55. The molecule has 2 aromatic carbocycles. The lowest BCUT2D eigenvalue weighted by molar-refractivity contribution is 0.0947. The van der Waals surface area contributed by atoms with Crippen molar-refractivity contribution < 1.29 is 14.3 Å². The van der Waals surface area contributed by atoms with E-state index in [1.54, 1.807) is 37.3 Å². The maximum Gasteiger partial charge on any atom is 0.252 e.